The normalized spacial score (nSPS) is 11.0. The molecule has 0 saturated carbocycles. The molecule has 0 atom stereocenters. The highest BCUT2D eigenvalue weighted by Crippen LogP contribution is 2.24. The number of carbonyl (C=O) groups excluding carboxylic acids is 1. The van der Waals surface area contributed by atoms with Gasteiger partial charge < -0.3 is 15.0 Å². The van der Waals surface area contributed by atoms with Crippen molar-refractivity contribution in [3.8, 4) is 11.5 Å². The van der Waals surface area contributed by atoms with Crippen LogP contribution in [0.1, 0.15) is 6.42 Å². The molecule has 158 valence electrons. The van der Waals surface area contributed by atoms with Gasteiger partial charge in [0.25, 0.3) is 0 Å². The second-order valence-corrected chi connectivity index (χ2v) is 8.11. The van der Waals surface area contributed by atoms with E-state index in [0.29, 0.717) is 28.7 Å². The van der Waals surface area contributed by atoms with Crippen LogP contribution in [0, 0.1) is 0 Å². The summed E-state index contributed by atoms with van der Waals surface area (Å²) in [6, 6.07) is 24.7. The summed E-state index contributed by atoms with van der Waals surface area (Å²) in [7, 11) is 0. The monoisotopic (exact) mass is 441 g/mol. The van der Waals surface area contributed by atoms with Gasteiger partial charge in [-0.3, -0.25) is 4.79 Å². The Labute approximate surface area is 188 Å². The van der Waals surface area contributed by atoms with E-state index in [4.69, 9.17) is 4.74 Å². The number of carbonyl (C=O) groups is 1. The molecule has 0 aliphatic carbocycles. The van der Waals surface area contributed by atoms with E-state index < -0.39 is 0 Å². The Morgan fingerprint density at radius 3 is 2.50 bits per heavy atom. The Balaban J connectivity index is 1.13. The largest absolute Gasteiger partial charge is 0.457 e. The molecule has 1 amide bonds. The number of hydrogen-bond donors (Lipinski definition) is 2. The van der Waals surface area contributed by atoms with E-state index >= 15 is 0 Å². The third-order valence-electron chi connectivity index (χ3n) is 4.78. The first-order valence-corrected chi connectivity index (χ1v) is 11.1. The first-order valence-electron chi connectivity index (χ1n) is 10.1. The summed E-state index contributed by atoms with van der Waals surface area (Å²) < 4.78 is 5.76. The zero-order valence-electron chi connectivity index (χ0n) is 17.0. The number of hydrogen-bond acceptors (Lipinski definition) is 6. The Morgan fingerprint density at radius 2 is 1.66 bits per heavy atom. The van der Waals surface area contributed by atoms with Crippen LogP contribution < -0.4 is 10.1 Å². The minimum absolute atomic E-state index is 0.0751. The predicted octanol–water partition coefficient (Wildman–Crippen LogP) is 5.42. The molecule has 0 radical (unpaired) electrons. The number of ether oxygens (including phenoxy) is 1. The van der Waals surface area contributed by atoms with Gasteiger partial charge in [-0.05, 0) is 42.5 Å². The number of thioether (sulfide) groups is 1. The molecule has 0 unspecified atom stereocenters. The molecule has 0 aliphatic heterocycles. The molecule has 7 nitrogen and oxygen atoms in total. The number of fused-ring (bicyclic) bond motifs is 3. The van der Waals surface area contributed by atoms with Gasteiger partial charge in [0.1, 0.15) is 17.0 Å². The molecule has 0 saturated heterocycles. The number of aromatic nitrogens is 4. The quantitative estimate of drug-likeness (QED) is 0.328. The van der Waals surface area contributed by atoms with E-state index in [1.54, 1.807) is 0 Å². The minimum atomic E-state index is -0.0751. The van der Waals surface area contributed by atoms with E-state index in [0.717, 1.165) is 27.9 Å². The maximum Gasteiger partial charge on any atom is 0.225 e. The van der Waals surface area contributed by atoms with Gasteiger partial charge in [-0.2, -0.15) is 0 Å². The van der Waals surface area contributed by atoms with E-state index in [9.17, 15) is 4.79 Å². The average Bonchev–Trinajstić information content (AvgIpc) is 3.19. The molecule has 2 N–H and O–H groups in total. The lowest BCUT2D eigenvalue weighted by Crippen LogP contribution is -2.12. The van der Waals surface area contributed by atoms with Crippen LogP contribution in [0.3, 0.4) is 0 Å². The third kappa shape index (κ3) is 4.55. The molecule has 2 heterocycles. The van der Waals surface area contributed by atoms with Crippen LogP contribution >= 0.6 is 11.8 Å². The summed E-state index contributed by atoms with van der Waals surface area (Å²) in [5, 5.41) is 12.9. The lowest BCUT2D eigenvalue weighted by Gasteiger charge is -2.08. The summed E-state index contributed by atoms with van der Waals surface area (Å²) in [4.78, 5) is 20.1. The van der Waals surface area contributed by atoms with Gasteiger partial charge >= 0.3 is 0 Å². The third-order valence-corrected chi connectivity index (χ3v) is 5.62. The molecule has 32 heavy (non-hydrogen) atoms. The highest BCUT2D eigenvalue weighted by Gasteiger charge is 2.10. The molecule has 0 aliphatic rings. The Bertz CT molecular complexity index is 1370. The Hall–Kier alpha value is -3.91. The first-order chi connectivity index (χ1) is 15.7. The summed E-state index contributed by atoms with van der Waals surface area (Å²) in [5.74, 6) is 1.95. The number of para-hydroxylation sites is 2. The molecule has 0 bridgehead atoms. The minimum Gasteiger partial charge on any atom is -0.457 e. The summed E-state index contributed by atoms with van der Waals surface area (Å²) in [6.07, 6.45) is 0.334. The van der Waals surface area contributed by atoms with Crippen LogP contribution in [0.15, 0.2) is 84.0 Å². The smallest absolute Gasteiger partial charge is 0.225 e. The van der Waals surface area contributed by atoms with Gasteiger partial charge in [-0.15, -0.1) is 10.2 Å². The molecular formula is C24H19N5O2S. The van der Waals surface area contributed by atoms with Crippen LogP contribution in [0.2, 0.25) is 0 Å². The van der Waals surface area contributed by atoms with Crippen molar-refractivity contribution in [2.24, 2.45) is 0 Å². The van der Waals surface area contributed by atoms with Crippen molar-refractivity contribution in [1.82, 2.24) is 20.2 Å². The van der Waals surface area contributed by atoms with Gasteiger partial charge in [-0.25, -0.2) is 4.98 Å². The lowest BCUT2D eigenvalue weighted by molar-refractivity contribution is -0.115. The second-order valence-electron chi connectivity index (χ2n) is 7.05. The number of rotatable bonds is 7. The average molecular weight is 442 g/mol. The van der Waals surface area contributed by atoms with Gasteiger partial charge in [0, 0.05) is 28.8 Å². The zero-order valence-corrected chi connectivity index (χ0v) is 17.8. The van der Waals surface area contributed by atoms with E-state index in [-0.39, 0.29) is 5.91 Å². The molecule has 5 rings (SSSR count). The molecule has 0 fully saturated rings. The Morgan fingerprint density at radius 1 is 0.906 bits per heavy atom. The van der Waals surface area contributed by atoms with Gasteiger partial charge in [-0.1, -0.05) is 48.2 Å². The molecule has 3 aromatic carbocycles. The standard InChI is InChI=1S/C24H19N5O2S/c30-21(25-16-10-12-18(13-11-16)31-17-6-2-1-3-7-17)14-15-32-24-27-23-22(28-29-24)19-8-4-5-9-20(19)26-23/h1-13H,14-15H2,(H,25,30)(H,26,27,29). The number of aromatic amines is 1. The van der Waals surface area contributed by atoms with Crippen molar-refractivity contribution in [2.45, 2.75) is 11.6 Å². The zero-order chi connectivity index (χ0) is 21.8. The second kappa shape index (κ2) is 9.07. The van der Waals surface area contributed by atoms with Gasteiger partial charge in [0.2, 0.25) is 11.1 Å². The first kappa shape index (κ1) is 20.0. The van der Waals surface area contributed by atoms with Crippen LogP contribution in [-0.4, -0.2) is 31.8 Å². The van der Waals surface area contributed by atoms with Crippen LogP contribution in [0.4, 0.5) is 5.69 Å². The van der Waals surface area contributed by atoms with E-state index in [1.165, 1.54) is 11.8 Å². The molecular weight excluding hydrogens is 422 g/mol. The topological polar surface area (TPSA) is 92.8 Å². The number of anilines is 1. The number of benzene rings is 3. The fourth-order valence-corrected chi connectivity index (χ4v) is 3.98. The van der Waals surface area contributed by atoms with E-state index in [1.807, 2.05) is 78.9 Å². The van der Waals surface area contributed by atoms with E-state index in [2.05, 4.69) is 25.5 Å². The fourth-order valence-electron chi connectivity index (χ4n) is 3.26. The molecule has 2 aromatic heterocycles. The number of amides is 1. The van der Waals surface area contributed by atoms with Crippen molar-refractivity contribution in [1.29, 1.82) is 0 Å². The number of H-pyrrole nitrogens is 1. The fraction of sp³-hybridized carbons (Fsp3) is 0.0833. The van der Waals surface area contributed by atoms with Crippen molar-refractivity contribution in [2.75, 3.05) is 11.1 Å². The predicted molar refractivity (Wildman–Crippen MR) is 126 cm³/mol. The highest BCUT2D eigenvalue weighted by molar-refractivity contribution is 7.99. The van der Waals surface area contributed by atoms with Crippen molar-refractivity contribution in [3.63, 3.8) is 0 Å². The summed E-state index contributed by atoms with van der Waals surface area (Å²) >= 11 is 1.40. The van der Waals surface area contributed by atoms with Crippen LogP contribution in [0.25, 0.3) is 22.1 Å². The number of nitrogens with one attached hydrogen (secondary N) is 2. The summed E-state index contributed by atoms with van der Waals surface area (Å²) in [6.45, 7) is 0. The highest BCUT2D eigenvalue weighted by atomic mass is 32.2. The van der Waals surface area contributed by atoms with Crippen molar-refractivity contribution in [3.05, 3.63) is 78.9 Å². The SMILES string of the molecule is O=C(CCSc1nnc2c(n1)[nH]c1ccccc12)Nc1ccc(Oc2ccccc2)cc1. The van der Waals surface area contributed by atoms with Crippen LogP contribution in [0.5, 0.6) is 11.5 Å². The van der Waals surface area contributed by atoms with Crippen molar-refractivity contribution < 1.29 is 9.53 Å². The Kier molecular flexibility index (Phi) is 5.67. The molecule has 5 aromatic rings. The maximum absolute atomic E-state index is 12.3. The molecule has 0 spiro atoms. The maximum atomic E-state index is 12.3. The number of nitrogens with zero attached hydrogens (tertiary/aromatic N) is 3. The summed E-state index contributed by atoms with van der Waals surface area (Å²) in [5.41, 5.74) is 3.15. The van der Waals surface area contributed by atoms with Crippen LogP contribution in [-0.2, 0) is 4.79 Å². The van der Waals surface area contributed by atoms with Crippen molar-refractivity contribution >= 4 is 45.4 Å². The van der Waals surface area contributed by atoms with Gasteiger partial charge in [0.15, 0.2) is 5.65 Å². The van der Waals surface area contributed by atoms with Gasteiger partial charge in [0.05, 0.1) is 0 Å². The molecule has 8 heteroatoms. The lowest BCUT2D eigenvalue weighted by atomic mass is 10.2.